The Morgan fingerprint density at radius 3 is 1.95 bits per heavy atom. The van der Waals surface area contributed by atoms with Crippen molar-refractivity contribution in [2.24, 2.45) is 0 Å². The first-order chi connectivity index (χ1) is 7.77. The number of Topliss-reactive ketones (excluding diaryl/α,β-unsaturated/α-hetero) is 2. The monoisotopic (exact) mass is 332 g/mol. The summed E-state index contributed by atoms with van der Waals surface area (Å²) in [5.74, 6) is -1.20. The van der Waals surface area contributed by atoms with E-state index in [0.29, 0.717) is 0 Å². The first kappa shape index (κ1) is 25.3. The summed E-state index contributed by atoms with van der Waals surface area (Å²) in [6.45, 7) is 1.07. The Labute approximate surface area is 145 Å². The van der Waals surface area contributed by atoms with Crippen molar-refractivity contribution in [1.82, 2.24) is 0 Å². The van der Waals surface area contributed by atoms with E-state index >= 15 is 0 Å². The van der Waals surface area contributed by atoms with E-state index in [1.807, 2.05) is 0 Å². The van der Waals surface area contributed by atoms with Gasteiger partial charge in [0.05, 0.1) is 0 Å². The Morgan fingerprint density at radius 1 is 1.10 bits per heavy atom. The van der Waals surface area contributed by atoms with Crippen molar-refractivity contribution in [2.75, 3.05) is 0 Å². The van der Waals surface area contributed by atoms with Gasteiger partial charge in [-0.3, -0.25) is 14.1 Å². The van der Waals surface area contributed by atoms with E-state index in [2.05, 4.69) is 0 Å². The van der Waals surface area contributed by atoms with Crippen LogP contribution >= 0.6 is 0 Å². The Kier molecular flexibility index (Phi) is 9.77. The van der Waals surface area contributed by atoms with Gasteiger partial charge in [-0.1, -0.05) is 24.3 Å². The van der Waals surface area contributed by atoms with Crippen LogP contribution in [0.2, 0.25) is 0 Å². The van der Waals surface area contributed by atoms with Gasteiger partial charge in [0.15, 0.2) is 16.3 Å². The van der Waals surface area contributed by atoms with Gasteiger partial charge in [0.25, 0.3) is 10.1 Å². The maximum absolute atomic E-state index is 12.0. The molecule has 1 aliphatic carbocycles. The molecule has 0 bridgehead atoms. The Hall–Kier alpha value is -0.650. The summed E-state index contributed by atoms with van der Waals surface area (Å²) in [6.07, 6.45) is -0.526. The third-order valence-electron chi connectivity index (χ3n) is 3.02. The van der Waals surface area contributed by atoms with Crippen molar-refractivity contribution in [1.29, 1.82) is 0 Å². The van der Waals surface area contributed by atoms with Crippen molar-refractivity contribution >= 4 is 21.7 Å². The number of ketones is 2. The summed E-state index contributed by atoms with van der Waals surface area (Å²) in [6, 6.07) is 6.00. The van der Waals surface area contributed by atoms with Gasteiger partial charge in [-0.05, 0) is 6.92 Å². The summed E-state index contributed by atoms with van der Waals surface area (Å²) < 4.78 is 29.6. The van der Waals surface area contributed by atoms with Gasteiger partial charge >= 0.3 is 29.6 Å². The van der Waals surface area contributed by atoms with Crippen molar-refractivity contribution < 1.29 is 70.0 Å². The first-order valence-corrected chi connectivity index (χ1v) is 6.35. The van der Waals surface area contributed by atoms with Crippen molar-refractivity contribution in [3.63, 3.8) is 0 Å². The molecule has 0 spiro atoms. The summed E-state index contributed by atoms with van der Waals surface area (Å²) >= 11 is 0. The van der Waals surface area contributed by atoms with Crippen LogP contribution in [0.25, 0.3) is 0 Å². The van der Waals surface area contributed by atoms with E-state index in [-0.39, 0.29) is 58.5 Å². The molecule has 10 heteroatoms. The van der Waals surface area contributed by atoms with Crippen molar-refractivity contribution in [3.05, 3.63) is 35.4 Å². The average molecular weight is 332 g/mol. The first-order valence-electron chi connectivity index (χ1n) is 4.91. The van der Waals surface area contributed by atoms with E-state index in [4.69, 9.17) is 4.55 Å². The molecular formula is C11H17NaO8S. The third kappa shape index (κ3) is 3.96. The van der Waals surface area contributed by atoms with E-state index in [9.17, 15) is 18.0 Å². The third-order valence-corrected chi connectivity index (χ3v) is 4.49. The molecule has 0 aliphatic heterocycles. The molecule has 0 heterocycles. The maximum Gasteiger partial charge on any atom is 1.00 e. The van der Waals surface area contributed by atoms with E-state index in [0.717, 1.165) is 6.92 Å². The smallest absolute Gasteiger partial charge is 1.00 e. The van der Waals surface area contributed by atoms with Gasteiger partial charge < -0.3 is 17.9 Å². The molecule has 0 saturated carbocycles. The second-order valence-corrected chi connectivity index (χ2v) is 6.03. The molecule has 21 heavy (non-hydrogen) atoms. The van der Waals surface area contributed by atoms with Crippen LogP contribution in [0.5, 0.6) is 0 Å². The molecule has 1 unspecified atom stereocenters. The zero-order chi connectivity index (χ0) is 12.8. The molecule has 7 N–H and O–H groups in total. The largest absolute Gasteiger partial charge is 1.00 e. The number of fused-ring (bicyclic) bond motifs is 1. The quantitative estimate of drug-likeness (QED) is 0.402. The predicted octanol–water partition coefficient (Wildman–Crippen LogP) is -4.26. The fraction of sp³-hybridized carbons (Fsp3) is 0.273. The number of hydrogen-bond acceptors (Lipinski definition) is 4. The average Bonchev–Trinajstić information content (AvgIpc) is 2.25. The molecule has 1 aromatic carbocycles. The number of rotatable bonds is 1. The molecule has 0 aromatic heterocycles. The Balaban J connectivity index is -0.000000324. The molecule has 116 valence electrons. The Bertz CT molecular complexity index is 633. The minimum absolute atomic E-state index is 0. The second kappa shape index (κ2) is 8.11. The van der Waals surface area contributed by atoms with Crippen LogP contribution in [0, 0.1) is 0 Å². The molecule has 1 aromatic rings. The summed E-state index contributed by atoms with van der Waals surface area (Å²) in [5.41, 5.74) is 0.252. The van der Waals surface area contributed by atoms with Crippen LogP contribution in [-0.4, -0.2) is 45.7 Å². The van der Waals surface area contributed by atoms with Gasteiger partial charge in [-0.15, -0.1) is 0 Å². The molecule has 0 fully saturated rings. The zero-order valence-electron chi connectivity index (χ0n) is 12.5. The summed E-state index contributed by atoms with van der Waals surface area (Å²) in [5, 5.41) is 0. The van der Waals surface area contributed by atoms with Gasteiger partial charge in [0, 0.05) is 17.5 Å². The van der Waals surface area contributed by atoms with Crippen molar-refractivity contribution in [3.8, 4) is 0 Å². The van der Waals surface area contributed by atoms with Crippen LogP contribution < -0.4 is 29.6 Å². The molecule has 8 nitrogen and oxygen atoms in total. The normalized spacial score (nSPS) is 19.9. The number of hydrogen-bond donors (Lipinski definition) is 1. The standard InChI is InChI=1S/C11H10O5S.Na.3H2O.H/c1-11(17(14,15)16)6-9(12)7-4-2-3-5-8(7)10(11)13;;;;;/h2-5H,6H2,1H3,(H,14,15,16);;3*1H2;/q;+1;;;;-1. The van der Waals surface area contributed by atoms with Gasteiger partial charge in [0.2, 0.25) is 0 Å². The molecule has 0 radical (unpaired) electrons. The fourth-order valence-electron chi connectivity index (χ4n) is 1.90. The molecule has 0 saturated heterocycles. The Morgan fingerprint density at radius 2 is 1.52 bits per heavy atom. The second-order valence-electron chi connectivity index (χ2n) is 4.18. The SMILES string of the molecule is CC1(S(=O)(=O)O)CC(=O)c2ccccc2C1=O.O.O.O.[H-].[Na+]. The number of benzene rings is 1. The van der Waals surface area contributed by atoms with Crippen LogP contribution in [-0.2, 0) is 10.1 Å². The van der Waals surface area contributed by atoms with E-state index < -0.39 is 32.9 Å². The molecule has 0 amide bonds. The van der Waals surface area contributed by atoms with E-state index in [1.165, 1.54) is 12.1 Å². The number of carbonyl (C=O) groups excluding carboxylic acids is 2. The molecule has 2 rings (SSSR count). The summed E-state index contributed by atoms with van der Waals surface area (Å²) in [7, 11) is -4.62. The maximum atomic E-state index is 12.0. The fourth-order valence-corrected chi connectivity index (χ4v) is 2.56. The van der Waals surface area contributed by atoms with Gasteiger partial charge in [-0.2, -0.15) is 8.42 Å². The molecule has 1 atom stereocenters. The van der Waals surface area contributed by atoms with E-state index in [1.54, 1.807) is 12.1 Å². The molecular weight excluding hydrogens is 315 g/mol. The van der Waals surface area contributed by atoms with Crippen LogP contribution in [0.3, 0.4) is 0 Å². The van der Waals surface area contributed by atoms with Crippen LogP contribution in [0.4, 0.5) is 0 Å². The van der Waals surface area contributed by atoms with Crippen LogP contribution in [0.1, 0.15) is 35.5 Å². The predicted molar refractivity (Wildman–Crippen MR) is 71.6 cm³/mol. The van der Waals surface area contributed by atoms with Gasteiger partial charge in [0.1, 0.15) is 0 Å². The van der Waals surface area contributed by atoms with Crippen molar-refractivity contribution in [2.45, 2.75) is 18.1 Å². The topological polar surface area (TPSA) is 183 Å². The minimum atomic E-state index is -4.62. The van der Waals surface area contributed by atoms with Crippen LogP contribution in [0.15, 0.2) is 24.3 Å². The zero-order valence-corrected chi connectivity index (χ0v) is 14.3. The number of carbonyl (C=O) groups is 2. The van der Waals surface area contributed by atoms with Gasteiger partial charge in [-0.25, -0.2) is 0 Å². The molecule has 1 aliphatic rings. The summed E-state index contributed by atoms with van der Waals surface area (Å²) in [4.78, 5) is 23.8. The minimum Gasteiger partial charge on any atom is -1.00 e.